The molecule has 0 saturated carbocycles. The van der Waals surface area contributed by atoms with Gasteiger partial charge in [-0.3, -0.25) is 4.99 Å². The molecule has 25 heavy (non-hydrogen) atoms. The molecule has 0 amide bonds. The standard InChI is InChI=1S/C20H31N3O2/c1-17(18-7-4-3-5-8-18)25-13-6-11-22-19(21-2)23-12-9-20(15-23)10-14-24-16-20/h3-5,7-8,17H,6,9-16H2,1-2H3,(H,21,22). The fraction of sp³-hybridized carbons (Fsp3) is 0.650. The zero-order valence-electron chi connectivity index (χ0n) is 15.5. The minimum Gasteiger partial charge on any atom is -0.381 e. The normalized spacial score (nSPS) is 24.9. The summed E-state index contributed by atoms with van der Waals surface area (Å²) in [4.78, 5) is 6.83. The Morgan fingerprint density at radius 1 is 1.36 bits per heavy atom. The number of nitrogens with one attached hydrogen (secondary N) is 1. The van der Waals surface area contributed by atoms with Crippen LogP contribution in [-0.4, -0.2) is 57.4 Å². The molecule has 5 heteroatoms. The zero-order chi connectivity index (χ0) is 17.5. The molecule has 0 aromatic heterocycles. The molecule has 2 atom stereocenters. The topological polar surface area (TPSA) is 46.1 Å². The number of guanidine groups is 1. The van der Waals surface area contributed by atoms with Gasteiger partial charge in [-0.05, 0) is 31.7 Å². The molecule has 138 valence electrons. The quantitative estimate of drug-likeness (QED) is 0.489. The molecule has 0 radical (unpaired) electrons. The van der Waals surface area contributed by atoms with Crippen molar-refractivity contribution in [1.29, 1.82) is 0 Å². The van der Waals surface area contributed by atoms with Crippen LogP contribution in [-0.2, 0) is 9.47 Å². The van der Waals surface area contributed by atoms with Crippen molar-refractivity contribution in [2.45, 2.75) is 32.3 Å². The van der Waals surface area contributed by atoms with Crippen LogP contribution in [0, 0.1) is 5.41 Å². The van der Waals surface area contributed by atoms with E-state index < -0.39 is 0 Å². The molecule has 2 heterocycles. The molecular weight excluding hydrogens is 314 g/mol. The summed E-state index contributed by atoms with van der Waals surface area (Å²) >= 11 is 0. The first-order valence-corrected chi connectivity index (χ1v) is 9.42. The Balaban J connectivity index is 1.35. The van der Waals surface area contributed by atoms with E-state index in [9.17, 15) is 0 Å². The SMILES string of the molecule is CN=C(NCCCOC(C)c1ccccc1)N1CCC2(CCOC2)C1. The van der Waals surface area contributed by atoms with Crippen molar-refractivity contribution in [3.63, 3.8) is 0 Å². The third-order valence-electron chi connectivity index (χ3n) is 5.38. The van der Waals surface area contributed by atoms with Gasteiger partial charge in [0.2, 0.25) is 0 Å². The van der Waals surface area contributed by atoms with Gasteiger partial charge >= 0.3 is 0 Å². The molecule has 1 N–H and O–H groups in total. The number of rotatable bonds is 6. The fourth-order valence-corrected chi connectivity index (χ4v) is 3.77. The number of likely N-dealkylation sites (tertiary alicyclic amines) is 1. The smallest absolute Gasteiger partial charge is 0.193 e. The number of aliphatic imine (C=N–C) groups is 1. The van der Waals surface area contributed by atoms with Crippen LogP contribution < -0.4 is 5.32 Å². The summed E-state index contributed by atoms with van der Waals surface area (Å²) < 4.78 is 11.5. The highest BCUT2D eigenvalue weighted by Crippen LogP contribution is 2.38. The summed E-state index contributed by atoms with van der Waals surface area (Å²) in [6.07, 6.45) is 3.51. The third kappa shape index (κ3) is 4.73. The van der Waals surface area contributed by atoms with Gasteiger partial charge in [-0.2, -0.15) is 0 Å². The van der Waals surface area contributed by atoms with Crippen LogP contribution in [0.15, 0.2) is 35.3 Å². The van der Waals surface area contributed by atoms with Crippen LogP contribution in [0.25, 0.3) is 0 Å². The van der Waals surface area contributed by atoms with Gasteiger partial charge in [-0.25, -0.2) is 0 Å². The van der Waals surface area contributed by atoms with Crippen molar-refractivity contribution in [3.8, 4) is 0 Å². The zero-order valence-corrected chi connectivity index (χ0v) is 15.5. The molecule has 2 aliphatic rings. The molecule has 0 aliphatic carbocycles. The van der Waals surface area contributed by atoms with Crippen LogP contribution in [0.4, 0.5) is 0 Å². The van der Waals surface area contributed by atoms with Gasteiger partial charge in [0.15, 0.2) is 5.96 Å². The van der Waals surface area contributed by atoms with E-state index in [0.29, 0.717) is 5.41 Å². The molecule has 3 rings (SSSR count). The predicted molar refractivity (Wildman–Crippen MR) is 101 cm³/mol. The maximum absolute atomic E-state index is 5.94. The van der Waals surface area contributed by atoms with E-state index in [2.05, 4.69) is 46.4 Å². The molecule has 5 nitrogen and oxygen atoms in total. The molecule has 1 spiro atoms. The largest absolute Gasteiger partial charge is 0.381 e. The number of nitrogens with zero attached hydrogens (tertiary/aromatic N) is 2. The first kappa shape index (κ1) is 18.2. The van der Waals surface area contributed by atoms with Crippen LogP contribution in [0.5, 0.6) is 0 Å². The van der Waals surface area contributed by atoms with Crippen molar-refractivity contribution >= 4 is 5.96 Å². The number of hydrogen-bond donors (Lipinski definition) is 1. The van der Waals surface area contributed by atoms with Gasteiger partial charge in [0.1, 0.15) is 0 Å². The maximum atomic E-state index is 5.94. The highest BCUT2D eigenvalue weighted by Gasteiger charge is 2.42. The molecule has 2 saturated heterocycles. The Bertz CT molecular complexity index is 555. The highest BCUT2D eigenvalue weighted by atomic mass is 16.5. The lowest BCUT2D eigenvalue weighted by Gasteiger charge is -2.25. The van der Waals surface area contributed by atoms with Crippen molar-refractivity contribution in [1.82, 2.24) is 10.2 Å². The second-order valence-electron chi connectivity index (χ2n) is 7.23. The van der Waals surface area contributed by atoms with Crippen LogP contribution in [0.1, 0.15) is 37.9 Å². The summed E-state index contributed by atoms with van der Waals surface area (Å²) in [5.74, 6) is 1.01. The summed E-state index contributed by atoms with van der Waals surface area (Å²) in [5.41, 5.74) is 1.60. The van der Waals surface area contributed by atoms with Gasteiger partial charge < -0.3 is 19.7 Å². The molecule has 2 fully saturated rings. The van der Waals surface area contributed by atoms with Gasteiger partial charge in [-0.15, -0.1) is 0 Å². The van der Waals surface area contributed by atoms with Crippen molar-refractivity contribution < 1.29 is 9.47 Å². The molecule has 1 aromatic rings. The molecule has 1 aromatic carbocycles. The Labute approximate surface area is 151 Å². The van der Waals surface area contributed by atoms with E-state index in [1.807, 2.05) is 13.1 Å². The second kappa shape index (κ2) is 8.68. The average molecular weight is 345 g/mol. The summed E-state index contributed by atoms with van der Waals surface area (Å²) in [6, 6.07) is 10.4. The lowest BCUT2D eigenvalue weighted by atomic mass is 9.87. The number of ether oxygens (including phenoxy) is 2. The molecule has 2 unspecified atom stereocenters. The van der Waals surface area contributed by atoms with E-state index in [1.54, 1.807) is 0 Å². The predicted octanol–water partition coefficient (Wildman–Crippen LogP) is 2.84. The van der Waals surface area contributed by atoms with Crippen LogP contribution in [0.2, 0.25) is 0 Å². The first-order valence-electron chi connectivity index (χ1n) is 9.42. The Morgan fingerprint density at radius 2 is 2.20 bits per heavy atom. The second-order valence-corrected chi connectivity index (χ2v) is 7.23. The fourth-order valence-electron chi connectivity index (χ4n) is 3.77. The van der Waals surface area contributed by atoms with E-state index in [0.717, 1.165) is 51.8 Å². The van der Waals surface area contributed by atoms with E-state index >= 15 is 0 Å². The Morgan fingerprint density at radius 3 is 2.92 bits per heavy atom. The van der Waals surface area contributed by atoms with Gasteiger partial charge in [0, 0.05) is 45.3 Å². The minimum atomic E-state index is 0.140. The lowest BCUT2D eigenvalue weighted by Crippen LogP contribution is -2.42. The monoisotopic (exact) mass is 345 g/mol. The summed E-state index contributed by atoms with van der Waals surface area (Å²) in [7, 11) is 1.87. The van der Waals surface area contributed by atoms with Crippen LogP contribution >= 0.6 is 0 Å². The Hall–Kier alpha value is -1.59. The maximum Gasteiger partial charge on any atom is 0.193 e. The summed E-state index contributed by atoms with van der Waals surface area (Å²) in [6.45, 7) is 7.70. The van der Waals surface area contributed by atoms with Gasteiger partial charge in [0.05, 0.1) is 12.7 Å². The third-order valence-corrected chi connectivity index (χ3v) is 5.38. The minimum absolute atomic E-state index is 0.140. The molecular formula is C20H31N3O2. The molecule has 0 bridgehead atoms. The molecule has 2 aliphatic heterocycles. The van der Waals surface area contributed by atoms with E-state index in [1.165, 1.54) is 18.4 Å². The first-order chi connectivity index (χ1) is 12.2. The summed E-state index contributed by atoms with van der Waals surface area (Å²) in [5, 5.41) is 3.49. The van der Waals surface area contributed by atoms with Crippen molar-refractivity contribution in [2.24, 2.45) is 10.4 Å². The average Bonchev–Trinajstić information content (AvgIpc) is 3.29. The van der Waals surface area contributed by atoms with Crippen molar-refractivity contribution in [2.75, 3.05) is 46.5 Å². The van der Waals surface area contributed by atoms with E-state index in [-0.39, 0.29) is 6.10 Å². The lowest BCUT2D eigenvalue weighted by molar-refractivity contribution is 0.0645. The van der Waals surface area contributed by atoms with Crippen LogP contribution in [0.3, 0.4) is 0 Å². The van der Waals surface area contributed by atoms with Crippen molar-refractivity contribution in [3.05, 3.63) is 35.9 Å². The Kier molecular flexibility index (Phi) is 6.32. The highest BCUT2D eigenvalue weighted by molar-refractivity contribution is 5.80. The van der Waals surface area contributed by atoms with E-state index in [4.69, 9.17) is 9.47 Å². The van der Waals surface area contributed by atoms with Gasteiger partial charge in [0.25, 0.3) is 0 Å². The number of hydrogen-bond acceptors (Lipinski definition) is 3. The van der Waals surface area contributed by atoms with Gasteiger partial charge in [-0.1, -0.05) is 30.3 Å². The number of benzene rings is 1.